The molecule has 0 saturated carbocycles. The summed E-state index contributed by atoms with van der Waals surface area (Å²) in [5.41, 5.74) is -0.994. The van der Waals surface area contributed by atoms with Gasteiger partial charge in [0.15, 0.2) is 5.75 Å². The molecule has 1 aromatic rings. The first-order valence-electron chi connectivity index (χ1n) is 4.07. The SMILES string of the molecule is Oc1cc(CBr)c(C(F)F)nc1OC(F)(F)F. The summed E-state index contributed by atoms with van der Waals surface area (Å²) in [6, 6.07) is 0.740. The van der Waals surface area contributed by atoms with Gasteiger partial charge >= 0.3 is 6.36 Å². The fourth-order valence-corrected chi connectivity index (χ4v) is 1.47. The largest absolute Gasteiger partial charge is 0.574 e. The first kappa shape index (κ1) is 13.9. The molecule has 9 heteroatoms. The van der Waals surface area contributed by atoms with Crippen LogP contribution in [0.25, 0.3) is 0 Å². The fourth-order valence-electron chi connectivity index (χ4n) is 1.02. The number of nitrogens with zero attached hydrogens (tertiary/aromatic N) is 1. The molecule has 17 heavy (non-hydrogen) atoms. The maximum atomic E-state index is 12.5. The second kappa shape index (κ2) is 5.03. The molecule has 0 radical (unpaired) electrons. The Morgan fingerprint density at radius 2 is 2.00 bits per heavy atom. The summed E-state index contributed by atoms with van der Waals surface area (Å²) in [6.07, 6.45) is -8.18. The zero-order valence-corrected chi connectivity index (χ0v) is 9.52. The molecule has 3 nitrogen and oxygen atoms in total. The quantitative estimate of drug-likeness (QED) is 0.684. The zero-order valence-electron chi connectivity index (χ0n) is 7.93. The van der Waals surface area contributed by atoms with Crippen LogP contribution in [-0.4, -0.2) is 16.5 Å². The minimum Gasteiger partial charge on any atom is -0.503 e. The minimum atomic E-state index is -5.11. The molecule has 96 valence electrons. The molecule has 1 N–H and O–H groups in total. The molecule has 0 aliphatic carbocycles. The molecule has 0 atom stereocenters. The highest BCUT2D eigenvalue weighted by atomic mass is 79.9. The first-order chi connectivity index (χ1) is 7.74. The van der Waals surface area contributed by atoms with Crippen LogP contribution in [0.5, 0.6) is 11.6 Å². The van der Waals surface area contributed by atoms with Crippen molar-refractivity contribution in [3.05, 3.63) is 17.3 Å². The van der Waals surface area contributed by atoms with Crippen LogP contribution in [0.2, 0.25) is 0 Å². The van der Waals surface area contributed by atoms with Crippen LogP contribution in [0.4, 0.5) is 22.0 Å². The van der Waals surface area contributed by atoms with E-state index in [1.165, 1.54) is 0 Å². The van der Waals surface area contributed by atoms with E-state index >= 15 is 0 Å². The molecule has 0 spiro atoms. The van der Waals surface area contributed by atoms with Crippen molar-refractivity contribution < 1.29 is 31.8 Å². The van der Waals surface area contributed by atoms with Gasteiger partial charge in [-0.25, -0.2) is 13.8 Å². The van der Waals surface area contributed by atoms with Crippen molar-refractivity contribution >= 4 is 15.9 Å². The summed E-state index contributed by atoms with van der Waals surface area (Å²) in [5.74, 6) is -2.25. The van der Waals surface area contributed by atoms with Crippen molar-refractivity contribution in [3.63, 3.8) is 0 Å². The predicted octanol–water partition coefficient (Wildman–Crippen LogP) is 3.52. The van der Waals surface area contributed by atoms with E-state index in [0.29, 0.717) is 0 Å². The van der Waals surface area contributed by atoms with Crippen LogP contribution in [-0.2, 0) is 5.33 Å². The highest BCUT2D eigenvalue weighted by Gasteiger charge is 2.34. The molecule has 0 aliphatic heterocycles. The third-order valence-electron chi connectivity index (χ3n) is 1.64. The molecular formula is C8H5BrF5NO2. The van der Waals surface area contributed by atoms with Crippen LogP contribution in [0, 0.1) is 0 Å². The van der Waals surface area contributed by atoms with Gasteiger partial charge in [0.05, 0.1) is 0 Å². The fraction of sp³-hybridized carbons (Fsp3) is 0.375. The number of aromatic nitrogens is 1. The summed E-state index contributed by atoms with van der Waals surface area (Å²) >= 11 is 2.85. The van der Waals surface area contributed by atoms with E-state index in [0.717, 1.165) is 6.07 Å². The third kappa shape index (κ3) is 3.69. The smallest absolute Gasteiger partial charge is 0.503 e. The van der Waals surface area contributed by atoms with E-state index in [1.54, 1.807) is 0 Å². The molecule has 0 unspecified atom stereocenters. The van der Waals surface area contributed by atoms with Crippen LogP contribution in [0.1, 0.15) is 17.7 Å². The van der Waals surface area contributed by atoms with Crippen LogP contribution < -0.4 is 4.74 Å². The summed E-state index contributed by atoms with van der Waals surface area (Å²) in [4.78, 5) is 2.96. The number of hydrogen-bond donors (Lipinski definition) is 1. The molecule has 0 bridgehead atoms. The van der Waals surface area contributed by atoms with Gasteiger partial charge in [-0.2, -0.15) is 0 Å². The van der Waals surface area contributed by atoms with Crippen molar-refractivity contribution in [1.82, 2.24) is 4.98 Å². The van der Waals surface area contributed by atoms with Gasteiger partial charge in [-0.1, -0.05) is 15.9 Å². The number of alkyl halides is 6. The average molecular weight is 322 g/mol. The standard InChI is InChI=1S/C8H5BrF5NO2/c9-2-3-1-4(16)7(17-8(12,13)14)15-5(3)6(10)11/h1,6,16H,2H2. The van der Waals surface area contributed by atoms with Crippen LogP contribution >= 0.6 is 15.9 Å². The highest BCUT2D eigenvalue weighted by molar-refractivity contribution is 9.08. The lowest BCUT2D eigenvalue weighted by Crippen LogP contribution is -2.18. The van der Waals surface area contributed by atoms with E-state index < -0.39 is 30.1 Å². The van der Waals surface area contributed by atoms with Crippen molar-refractivity contribution in [2.45, 2.75) is 18.1 Å². The molecule has 1 heterocycles. The molecule has 0 aromatic carbocycles. The maximum absolute atomic E-state index is 12.5. The second-order valence-corrected chi connectivity index (χ2v) is 3.40. The van der Waals surface area contributed by atoms with Gasteiger partial charge in [-0.05, 0) is 11.6 Å². The normalized spacial score (nSPS) is 11.9. The lowest BCUT2D eigenvalue weighted by molar-refractivity contribution is -0.276. The van der Waals surface area contributed by atoms with Gasteiger partial charge < -0.3 is 9.84 Å². The number of hydrogen-bond acceptors (Lipinski definition) is 3. The summed E-state index contributed by atoms with van der Waals surface area (Å²) in [6.45, 7) is 0. The predicted molar refractivity (Wildman–Crippen MR) is 50.2 cm³/mol. The van der Waals surface area contributed by atoms with Gasteiger partial charge in [0.1, 0.15) is 5.69 Å². The second-order valence-electron chi connectivity index (χ2n) is 2.84. The maximum Gasteiger partial charge on any atom is 0.574 e. The van der Waals surface area contributed by atoms with E-state index in [2.05, 4.69) is 25.7 Å². The number of halogens is 6. The Hall–Kier alpha value is -1.12. The number of aromatic hydroxyl groups is 1. The van der Waals surface area contributed by atoms with Gasteiger partial charge in [0, 0.05) is 5.33 Å². The Bertz CT molecular complexity index is 410. The summed E-state index contributed by atoms with van der Waals surface area (Å²) in [7, 11) is 0. The molecule has 0 fully saturated rings. The average Bonchev–Trinajstić information content (AvgIpc) is 2.18. The van der Waals surface area contributed by atoms with Crippen molar-refractivity contribution in [2.24, 2.45) is 0 Å². The monoisotopic (exact) mass is 321 g/mol. The number of rotatable bonds is 3. The summed E-state index contributed by atoms with van der Waals surface area (Å²) < 4.78 is 63.8. The van der Waals surface area contributed by atoms with Crippen molar-refractivity contribution in [1.29, 1.82) is 0 Å². The van der Waals surface area contributed by atoms with Gasteiger partial charge in [-0.3, -0.25) is 0 Å². The van der Waals surface area contributed by atoms with E-state index in [4.69, 9.17) is 5.11 Å². The van der Waals surface area contributed by atoms with E-state index in [1.807, 2.05) is 0 Å². The first-order valence-corrected chi connectivity index (χ1v) is 5.19. The lowest BCUT2D eigenvalue weighted by atomic mass is 10.2. The van der Waals surface area contributed by atoms with Crippen LogP contribution in [0.15, 0.2) is 6.07 Å². The van der Waals surface area contributed by atoms with Gasteiger partial charge in [0.25, 0.3) is 12.3 Å². The third-order valence-corrected chi connectivity index (χ3v) is 2.25. The Morgan fingerprint density at radius 3 is 2.41 bits per heavy atom. The lowest BCUT2D eigenvalue weighted by Gasteiger charge is -2.12. The topological polar surface area (TPSA) is 42.4 Å². The van der Waals surface area contributed by atoms with Gasteiger partial charge in [-0.15, -0.1) is 13.2 Å². The van der Waals surface area contributed by atoms with E-state index in [-0.39, 0.29) is 10.9 Å². The Kier molecular flexibility index (Phi) is 4.12. The molecule has 1 rings (SSSR count). The van der Waals surface area contributed by atoms with Crippen molar-refractivity contribution in [2.75, 3.05) is 0 Å². The molecule has 0 saturated heterocycles. The number of pyridine rings is 1. The Labute approximate surface area is 100 Å². The molecule has 0 amide bonds. The molecule has 0 aliphatic rings. The Morgan fingerprint density at radius 1 is 1.41 bits per heavy atom. The molecule has 1 aromatic heterocycles. The highest BCUT2D eigenvalue weighted by Crippen LogP contribution is 2.34. The van der Waals surface area contributed by atoms with E-state index in [9.17, 15) is 22.0 Å². The van der Waals surface area contributed by atoms with Gasteiger partial charge in [0.2, 0.25) is 0 Å². The van der Waals surface area contributed by atoms with Crippen molar-refractivity contribution in [3.8, 4) is 11.6 Å². The number of ether oxygens (including phenoxy) is 1. The molecular weight excluding hydrogens is 317 g/mol. The minimum absolute atomic E-state index is 0.0838. The summed E-state index contributed by atoms with van der Waals surface area (Å²) in [5, 5.41) is 9.05. The zero-order chi connectivity index (χ0) is 13.2. The Balaban J connectivity index is 3.20. The van der Waals surface area contributed by atoms with Crippen LogP contribution in [0.3, 0.4) is 0 Å².